The van der Waals surface area contributed by atoms with Crippen molar-refractivity contribution in [1.82, 2.24) is 4.98 Å². The van der Waals surface area contributed by atoms with Crippen LogP contribution in [0.15, 0.2) is 0 Å². The van der Waals surface area contributed by atoms with Gasteiger partial charge < -0.3 is 0 Å². The number of nitrogens with one attached hydrogen (secondary N) is 1. The van der Waals surface area contributed by atoms with E-state index in [-0.39, 0.29) is 0 Å². The Hall–Kier alpha value is -0.790. The smallest absolute Gasteiger partial charge is 0.245 e. The lowest BCUT2D eigenvalue weighted by Gasteiger charge is -2.03. The van der Waals surface area contributed by atoms with Gasteiger partial charge in [-0.25, -0.2) is 9.55 Å². The molecule has 0 aliphatic rings. The second-order valence-electron chi connectivity index (χ2n) is 6.25. The van der Waals surface area contributed by atoms with Crippen LogP contribution in [-0.2, 0) is 6.54 Å². The summed E-state index contributed by atoms with van der Waals surface area (Å²) in [6.45, 7) is 10.0. The van der Waals surface area contributed by atoms with Crippen molar-refractivity contribution in [3.63, 3.8) is 0 Å². The highest BCUT2D eigenvalue weighted by Crippen LogP contribution is 2.10. The molecule has 0 radical (unpaired) electrons. The molecule has 1 N–H and O–H groups in total. The van der Waals surface area contributed by atoms with E-state index < -0.39 is 0 Å². The fraction of sp³-hybridized carbons (Fsp3) is 0.833. The maximum absolute atomic E-state index is 3.42. The first-order valence-electron chi connectivity index (χ1n) is 8.72. The average molecular weight is 279 g/mol. The molecule has 0 aliphatic heterocycles. The van der Waals surface area contributed by atoms with E-state index in [1.807, 2.05) is 0 Å². The van der Waals surface area contributed by atoms with Crippen LogP contribution in [0.25, 0.3) is 0 Å². The van der Waals surface area contributed by atoms with Crippen molar-refractivity contribution in [2.75, 3.05) is 0 Å². The van der Waals surface area contributed by atoms with E-state index in [1.165, 1.54) is 88.0 Å². The van der Waals surface area contributed by atoms with Gasteiger partial charge in [-0.1, -0.05) is 58.3 Å². The summed E-state index contributed by atoms with van der Waals surface area (Å²) in [7, 11) is 0. The quantitative estimate of drug-likeness (QED) is 0.427. The normalized spacial score (nSPS) is 11.2. The molecule has 0 saturated heterocycles. The molecule has 0 spiro atoms. The summed E-state index contributed by atoms with van der Waals surface area (Å²) >= 11 is 0. The van der Waals surface area contributed by atoms with Gasteiger partial charge in [0.05, 0.1) is 6.54 Å². The fourth-order valence-electron chi connectivity index (χ4n) is 2.98. The number of aryl methyl sites for hydroxylation is 2. The molecule has 0 atom stereocenters. The van der Waals surface area contributed by atoms with Crippen LogP contribution in [0.3, 0.4) is 0 Å². The maximum atomic E-state index is 3.42. The van der Waals surface area contributed by atoms with E-state index in [1.54, 1.807) is 0 Å². The number of H-pyrrole nitrogens is 1. The van der Waals surface area contributed by atoms with Crippen molar-refractivity contribution in [3.05, 3.63) is 17.2 Å². The lowest BCUT2D eigenvalue weighted by Crippen LogP contribution is -2.38. The summed E-state index contributed by atoms with van der Waals surface area (Å²) in [6.07, 6.45) is 14.1. The second kappa shape index (κ2) is 10.0. The molecule has 0 fully saturated rings. The molecule has 1 aromatic heterocycles. The Balaban J connectivity index is 2.00. The van der Waals surface area contributed by atoms with Crippen LogP contribution in [0.5, 0.6) is 0 Å². The largest absolute Gasteiger partial charge is 0.251 e. The van der Waals surface area contributed by atoms with Crippen molar-refractivity contribution in [1.29, 1.82) is 0 Å². The number of aromatic nitrogens is 2. The predicted molar refractivity (Wildman–Crippen MR) is 87.0 cm³/mol. The highest BCUT2D eigenvalue weighted by Gasteiger charge is 2.13. The summed E-state index contributed by atoms with van der Waals surface area (Å²) in [6, 6.07) is 0. The molecule has 0 aromatic carbocycles. The van der Waals surface area contributed by atoms with Gasteiger partial charge in [-0.05, 0) is 12.8 Å². The van der Waals surface area contributed by atoms with E-state index in [9.17, 15) is 0 Å². The van der Waals surface area contributed by atoms with Gasteiger partial charge in [0.1, 0.15) is 11.4 Å². The Labute approximate surface area is 126 Å². The number of rotatable bonds is 11. The Kier molecular flexibility index (Phi) is 8.64. The van der Waals surface area contributed by atoms with Crippen molar-refractivity contribution < 1.29 is 4.57 Å². The number of unbranched alkanes of at least 4 members (excludes halogenated alkanes) is 9. The summed E-state index contributed by atoms with van der Waals surface area (Å²) in [5, 5.41) is 0. The van der Waals surface area contributed by atoms with Gasteiger partial charge in [0, 0.05) is 20.8 Å². The zero-order chi connectivity index (χ0) is 14.8. The first kappa shape index (κ1) is 17.3. The maximum Gasteiger partial charge on any atom is 0.251 e. The third kappa shape index (κ3) is 6.11. The first-order valence-corrected chi connectivity index (χ1v) is 8.72. The monoisotopic (exact) mass is 279 g/mol. The van der Waals surface area contributed by atoms with E-state index in [0.29, 0.717) is 0 Å². The predicted octanol–water partition coefficient (Wildman–Crippen LogP) is 5.15. The minimum absolute atomic E-state index is 1.18. The zero-order valence-electron chi connectivity index (χ0n) is 14.2. The summed E-state index contributed by atoms with van der Waals surface area (Å²) in [5.74, 6) is 1.30. The summed E-state index contributed by atoms with van der Waals surface area (Å²) in [4.78, 5) is 3.42. The molecule has 0 amide bonds. The Morgan fingerprint density at radius 2 is 1.25 bits per heavy atom. The highest BCUT2D eigenvalue weighted by molar-refractivity contribution is 5.02. The van der Waals surface area contributed by atoms with E-state index >= 15 is 0 Å². The Morgan fingerprint density at radius 1 is 0.750 bits per heavy atom. The van der Waals surface area contributed by atoms with Gasteiger partial charge >= 0.3 is 0 Å². The molecule has 1 aromatic rings. The molecule has 0 aliphatic carbocycles. The van der Waals surface area contributed by atoms with E-state index in [0.717, 1.165) is 0 Å². The molecule has 0 saturated carbocycles. The van der Waals surface area contributed by atoms with Gasteiger partial charge in [0.25, 0.3) is 5.82 Å². The van der Waals surface area contributed by atoms with Gasteiger partial charge in [-0.2, -0.15) is 0 Å². The average Bonchev–Trinajstić information content (AvgIpc) is 2.67. The van der Waals surface area contributed by atoms with Crippen LogP contribution in [-0.4, -0.2) is 4.98 Å². The lowest BCUT2D eigenvalue weighted by molar-refractivity contribution is -0.707. The molecule has 0 bridgehead atoms. The topological polar surface area (TPSA) is 19.7 Å². The SMILES string of the molecule is CCCCCCCCCCCC[n+]1c(C)[nH]c(C)c1C. The standard InChI is InChI=1S/C18H34N2/c1-5-6-7-8-9-10-11-12-13-14-15-20-17(3)16(2)19-18(20)4/h5-15H2,1-4H3/p+1. The minimum Gasteiger partial charge on any atom is -0.245 e. The number of imidazole rings is 1. The van der Waals surface area contributed by atoms with Gasteiger partial charge in [-0.3, -0.25) is 0 Å². The molecule has 20 heavy (non-hydrogen) atoms. The lowest BCUT2D eigenvalue weighted by atomic mass is 10.1. The van der Waals surface area contributed by atoms with Gasteiger partial charge in [-0.15, -0.1) is 0 Å². The van der Waals surface area contributed by atoms with Crippen LogP contribution in [0.1, 0.15) is 88.3 Å². The van der Waals surface area contributed by atoms with E-state index in [2.05, 4.69) is 37.2 Å². The third-order valence-electron chi connectivity index (χ3n) is 4.46. The summed E-state index contributed by atoms with van der Waals surface area (Å²) < 4.78 is 2.43. The second-order valence-corrected chi connectivity index (χ2v) is 6.25. The summed E-state index contributed by atoms with van der Waals surface area (Å²) in [5.41, 5.74) is 2.72. The van der Waals surface area contributed by atoms with Crippen LogP contribution < -0.4 is 4.57 Å². The number of aromatic amines is 1. The Morgan fingerprint density at radius 3 is 1.70 bits per heavy atom. The third-order valence-corrected chi connectivity index (χ3v) is 4.46. The van der Waals surface area contributed by atoms with Crippen molar-refractivity contribution in [2.45, 2.75) is 98.4 Å². The number of nitrogens with zero attached hydrogens (tertiary/aromatic N) is 1. The van der Waals surface area contributed by atoms with Crippen LogP contribution in [0, 0.1) is 20.8 Å². The molecule has 2 nitrogen and oxygen atoms in total. The molecule has 2 heteroatoms. The van der Waals surface area contributed by atoms with Crippen molar-refractivity contribution in [2.24, 2.45) is 0 Å². The van der Waals surface area contributed by atoms with Gasteiger partial charge in [0.2, 0.25) is 0 Å². The minimum atomic E-state index is 1.18. The molecular formula is C18H35N2+. The van der Waals surface area contributed by atoms with Gasteiger partial charge in [0.15, 0.2) is 0 Å². The zero-order valence-corrected chi connectivity index (χ0v) is 14.2. The van der Waals surface area contributed by atoms with Crippen molar-refractivity contribution in [3.8, 4) is 0 Å². The van der Waals surface area contributed by atoms with Crippen LogP contribution in [0.4, 0.5) is 0 Å². The number of hydrogen-bond donors (Lipinski definition) is 1. The molecule has 1 rings (SSSR count). The fourth-order valence-corrected chi connectivity index (χ4v) is 2.98. The number of hydrogen-bond acceptors (Lipinski definition) is 0. The molecule has 116 valence electrons. The molecular weight excluding hydrogens is 244 g/mol. The van der Waals surface area contributed by atoms with E-state index in [4.69, 9.17) is 0 Å². The molecule has 0 unspecified atom stereocenters. The van der Waals surface area contributed by atoms with Crippen molar-refractivity contribution >= 4 is 0 Å². The molecule has 1 heterocycles. The van der Waals surface area contributed by atoms with Crippen LogP contribution in [0.2, 0.25) is 0 Å². The first-order chi connectivity index (χ1) is 9.66. The Bertz CT molecular complexity index is 366. The van der Waals surface area contributed by atoms with Crippen LogP contribution >= 0.6 is 0 Å². The highest BCUT2D eigenvalue weighted by atomic mass is 15.1.